The SMILES string of the molecule is CCCN(CCCCCNCC)C(C)C. The Morgan fingerprint density at radius 2 is 1.73 bits per heavy atom. The monoisotopic (exact) mass is 214 g/mol. The van der Waals surface area contributed by atoms with Gasteiger partial charge in [0.1, 0.15) is 0 Å². The fourth-order valence-electron chi connectivity index (χ4n) is 1.83. The molecule has 2 heteroatoms. The molecule has 92 valence electrons. The molecule has 0 aromatic heterocycles. The van der Waals surface area contributed by atoms with Gasteiger partial charge in [-0.3, -0.25) is 0 Å². The van der Waals surface area contributed by atoms with E-state index in [2.05, 4.69) is 37.9 Å². The lowest BCUT2D eigenvalue weighted by Gasteiger charge is -2.25. The smallest absolute Gasteiger partial charge is 0.00385 e. The van der Waals surface area contributed by atoms with Gasteiger partial charge in [0.25, 0.3) is 0 Å². The summed E-state index contributed by atoms with van der Waals surface area (Å²) in [5.41, 5.74) is 0. The number of hydrogen-bond acceptors (Lipinski definition) is 2. The van der Waals surface area contributed by atoms with Crippen molar-refractivity contribution < 1.29 is 0 Å². The minimum atomic E-state index is 0.707. The van der Waals surface area contributed by atoms with Crippen LogP contribution in [0.25, 0.3) is 0 Å². The molecule has 0 aliphatic rings. The van der Waals surface area contributed by atoms with Gasteiger partial charge in [0.15, 0.2) is 0 Å². The van der Waals surface area contributed by atoms with Crippen molar-refractivity contribution in [1.82, 2.24) is 10.2 Å². The van der Waals surface area contributed by atoms with Crippen molar-refractivity contribution in [3.8, 4) is 0 Å². The van der Waals surface area contributed by atoms with Gasteiger partial charge in [0.05, 0.1) is 0 Å². The van der Waals surface area contributed by atoms with E-state index in [-0.39, 0.29) is 0 Å². The molecule has 0 unspecified atom stereocenters. The molecule has 0 aliphatic heterocycles. The molecule has 0 rings (SSSR count). The molecular formula is C13H30N2. The summed E-state index contributed by atoms with van der Waals surface area (Å²) in [5, 5.41) is 3.37. The van der Waals surface area contributed by atoms with Crippen molar-refractivity contribution in [2.75, 3.05) is 26.2 Å². The van der Waals surface area contributed by atoms with Gasteiger partial charge in [-0.05, 0) is 59.3 Å². The number of rotatable bonds is 10. The first-order valence-corrected chi connectivity index (χ1v) is 6.67. The first kappa shape index (κ1) is 14.9. The maximum absolute atomic E-state index is 3.37. The van der Waals surface area contributed by atoms with Crippen molar-refractivity contribution in [2.45, 2.75) is 59.4 Å². The van der Waals surface area contributed by atoms with E-state index >= 15 is 0 Å². The van der Waals surface area contributed by atoms with Crippen LogP contribution in [0.1, 0.15) is 53.4 Å². The summed E-state index contributed by atoms with van der Waals surface area (Å²) < 4.78 is 0. The van der Waals surface area contributed by atoms with Gasteiger partial charge in [-0.15, -0.1) is 0 Å². The molecule has 0 amide bonds. The average Bonchev–Trinajstić information content (AvgIpc) is 2.21. The van der Waals surface area contributed by atoms with Crippen molar-refractivity contribution in [3.63, 3.8) is 0 Å². The molecule has 15 heavy (non-hydrogen) atoms. The number of nitrogens with one attached hydrogen (secondary N) is 1. The Kier molecular flexibility index (Phi) is 10.4. The van der Waals surface area contributed by atoms with E-state index in [4.69, 9.17) is 0 Å². The molecule has 0 spiro atoms. The van der Waals surface area contributed by atoms with E-state index < -0.39 is 0 Å². The predicted octanol–water partition coefficient (Wildman–Crippen LogP) is 2.89. The molecule has 2 nitrogen and oxygen atoms in total. The summed E-state index contributed by atoms with van der Waals surface area (Å²) in [5.74, 6) is 0. The van der Waals surface area contributed by atoms with E-state index in [9.17, 15) is 0 Å². The first-order chi connectivity index (χ1) is 7.22. The zero-order valence-corrected chi connectivity index (χ0v) is 11.2. The van der Waals surface area contributed by atoms with Gasteiger partial charge >= 0.3 is 0 Å². The van der Waals surface area contributed by atoms with E-state index in [1.54, 1.807) is 0 Å². The van der Waals surface area contributed by atoms with Gasteiger partial charge in [-0.2, -0.15) is 0 Å². The molecule has 0 radical (unpaired) electrons. The fraction of sp³-hybridized carbons (Fsp3) is 1.00. The molecule has 0 heterocycles. The van der Waals surface area contributed by atoms with E-state index in [0.717, 1.165) is 6.54 Å². The number of hydrogen-bond donors (Lipinski definition) is 1. The Hall–Kier alpha value is -0.0800. The zero-order chi connectivity index (χ0) is 11.5. The van der Waals surface area contributed by atoms with E-state index in [0.29, 0.717) is 6.04 Å². The van der Waals surface area contributed by atoms with Gasteiger partial charge < -0.3 is 10.2 Å². The highest BCUT2D eigenvalue weighted by Gasteiger charge is 2.06. The Labute approximate surface area is 96.4 Å². The Bertz CT molecular complexity index is 124. The molecule has 0 atom stereocenters. The van der Waals surface area contributed by atoms with Crippen LogP contribution in [0.2, 0.25) is 0 Å². The molecule has 0 saturated heterocycles. The van der Waals surface area contributed by atoms with Crippen LogP contribution in [0.3, 0.4) is 0 Å². The van der Waals surface area contributed by atoms with Crippen LogP contribution in [0.5, 0.6) is 0 Å². The maximum atomic E-state index is 3.37. The molecule has 1 N–H and O–H groups in total. The van der Waals surface area contributed by atoms with Gasteiger partial charge in [-0.1, -0.05) is 20.3 Å². The van der Waals surface area contributed by atoms with Crippen LogP contribution in [0, 0.1) is 0 Å². The normalized spacial score (nSPS) is 11.6. The topological polar surface area (TPSA) is 15.3 Å². The third kappa shape index (κ3) is 8.88. The van der Waals surface area contributed by atoms with Gasteiger partial charge in [0.2, 0.25) is 0 Å². The highest BCUT2D eigenvalue weighted by molar-refractivity contribution is 4.62. The molecule has 0 bridgehead atoms. The lowest BCUT2D eigenvalue weighted by Crippen LogP contribution is -2.32. The summed E-state index contributed by atoms with van der Waals surface area (Å²) in [6.45, 7) is 13.9. The third-order valence-corrected chi connectivity index (χ3v) is 2.79. The van der Waals surface area contributed by atoms with Crippen LogP contribution < -0.4 is 5.32 Å². The van der Waals surface area contributed by atoms with Gasteiger partial charge in [-0.25, -0.2) is 0 Å². The second-order valence-corrected chi connectivity index (χ2v) is 4.54. The third-order valence-electron chi connectivity index (χ3n) is 2.79. The van der Waals surface area contributed by atoms with E-state index in [1.165, 1.54) is 45.3 Å². The van der Waals surface area contributed by atoms with Crippen LogP contribution in [-0.4, -0.2) is 37.1 Å². The maximum Gasteiger partial charge on any atom is 0.00385 e. The van der Waals surface area contributed by atoms with Crippen LogP contribution >= 0.6 is 0 Å². The Morgan fingerprint density at radius 1 is 1.00 bits per heavy atom. The first-order valence-electron chi connectivity index (χ1n) is 6.67. The van der Waals surface area contributed by atoms with Gasteiger partial charge in [0, 0.05) is 6.04 Å². The summed E-state index contributed by atoms with van der Waals surface area (Å²) in [7, 11) is 0. The van der Waals surface area contributed by atoms with Crippen molar-refractivity contribution in [2.24, 2.45) is 0 Å². The standard InChI is InChI=1S/C13H30N2/c1-5-11-15(13(3)4)12-9-7-8-10-14-6-2/h13-14H,5-12H2,1-4H3. The predicted molar refractivity (Wildman–Crippen MR) is 69.4 cm³/mol. The van der Waals surface area contributed by atoms with Crippen molar-refractivity contribution >= 4 is 0 Å². The second-order valence-electron chi connectivity index (χ2n) is 4.54. The Balaban J connectivity index is 3.37. The summed E-state index contributed by atoms with van der Waals surface area (Å²) in [6.07, 6.45) is 5.31. The quantitative estimate of drug-likeness (QED) is 0.563. The summed E-state index contributed by atoms with van der Waals surface area (Å²) in [4.78, 5) is 2.59. The molecule has 0 aromatic rings. The lowest BCUT2D eigenvalue weighted by molar-refractivity contribution is 0.217. The largest absolute Gasteiger partial charge is 0.317 e. The van der Waals surface area contributed by atoms with Crippen LogP contribution in [0.15, 0.2) is 0 Å². The van der Waals surface area contributed by atoms with Crippen LogP contribution in [0.4, 0.5) is 0 Å². The highest BCUT2D eigenvalue weighted by atomic mass is 15.1. The minimum absolute atomic E-state index is 0.707. The zero-order valence-electron chi connectivity index (χ0n) is 11.2. The number of unbranched alkanes of at least 4 members (excludes halogenated alkanes) is 2. The van der Waals surface area contributed by atoms with Crippen molar-refractivity contribution in [3.05, 3.63) is 0 Å². The highest BCUT2D eigenvalue weighted by Crippen LogP contribution is 2.03. The lowest BCUT2D eigenvalue weighted by atomic mass is 10.2. The molecule has 0 saturated carbocycles. The molecule has 0 aromatic carbocycles. The number of nitrogens with zero attached hydrogens (tertiary/aromatic N) is 1. The molecular weight excluding hydrogens is 184 g/mol. The van der Waals surface area contributed by atoms with Crippen molar-refractivity contribution in [1.29, 1.82) is 0 Å². The Morgan fingerprint density at radius 3 is 2.27 bits per heavy atom. The second kappa shape index (κ2) is 10.4. The molecule has 0 fully saturated rings. The minimum Gasteiger partial charge on any atom is -0.317 e. The summed E-state index contributed by atoms with van der Waals surface area (Å²) in [6, 6.07) is 0.707. The van der Waals surface area contributed by atoms with E-state index in [1.807, 2.05) is 0 Å². The van der Waals surface area contributed by atoms with Crippen LogP contribution in [-0.2, 0) is 0 Å². The fourth-order valence-corrected chi connectivity index (χ4v) is 1.83. The average molecular weight is 214 g/mol. The molecule has 0 aliphatic carbocycles. The summed E-state index contributed by atoms with van der Waals surface area (Å²) >= 11 is 0.